The molecular weight excluding hydrogens is 338 g/mol. The van der Waals surface area contributed by atoms with E-state index in [0.717, 1.165) is 32.7 Å². The van der Waals surface area contributed by atoms with Crippen molar-refractivity contribution >= 4 is 17.9 Å². The maximum absolute atomic E-state index is 12.6. The van der Waals surface area contributed by atoms with Gasteiger partial charge in [0.2, 0.25) is 5.95 Å². The molecule has 0 spiro atoms. The van der Waals surface area contributed by atoms with Gasteiger partial charge in [0.15, 0.2) is 0 Å². The fraction of sp³-hybridized carbons (Fsp3) is 0.381. The first-order valence-electron chi connectivity index (χ1n) is 9.43. The van der Waals surface area contributed by atoms with Gasteiger partial charge in [-0.05, 0) is 19.4 Å². The van der Waals surface area contributed by atoms with Gasteiger partial charge in [-0.1, -0.05) is 42.5 Å². The van der Waals surface area contributed by atoms with Crippen LogP contribution in [0.25, 0.3) is 6.08 Å². The standard InChI is InChI=1S/C21H27N5O/c1-17(2)24-21-22-15-19(16-23-21)20(27)26-13-11-25(12-14-26)10-6-9-18-7-4-3-5-8-18/h3-9,15-17H,10-14H2,1-2H3,(H,22,23,24)/b9-6+. The van der Waals surface area contributed by atoms with Crippen LogP contribution in [-0.4, -0.2) is 64.4 Å². The summed E-state index contributed by atoms with van der Waals surface area (Å²) in [6.07, 6.45) is 7.53. The van der Waals surface area contributed by atoms with Gasteiger partial charge in [0.05, 0.1) is 5.56 Å². The van der Waals surface area contributed by atoms with Crippen LogP contribution in [0.1, 0.15) is 29.8 Å². The first kappa shape index (κ1) is 19.0. The highest BCUT2D eigenvalue weighted by Gasteiger charge is 2.22. The van der Waals surface area contributed by atoms with Crippen molar-refractivity contribution in [1.29, 1.82) is 0 Å². The average molecular weight is 365 g/mol. The Bertz CT molecular complexity index is 750. The third kappa shape index (κ3) is 5.62. The Labute approximate surface area is 160 Å². The number of anilines is 1. The summed E-state index contributed by atoms with van der Waals surface area (Å²) in [4.78, 5) is 25.3. The van der Waals surface area contributed by atoms with Crippen molar-refractivity contribution in [3.8, 4) is 0 Å². The number of carbonyl (C=O) groups is 1. The second kappa shape index (κ2) is 9.28. The summed E-state index contributed by atoms with van der Waals surface area (Å²) in [5.74, 6) is 0.558. The lowest BCUT2D eigenvalue weighted by atomic mass is 10.2. The van der Waals surface area contributed by atoms with E-state index >= 15 is 0 Å². The van der Waals surface area contributed by atoms with Gasteiger partial charge in [-0.3, -0.25) is 9.69 Å². The third-order valence-corrected chi connectivity index (χ3v) is 4.45. The van der Waals surface area contributed by atoms with Gasteiger partial charge in [0, 0.05) is 51.2 Å². The zero-order valence-electron chi connectivity index (χ0n) is 16.0. The summed E-state index contributed by atoms with van der Waals surface area (Å²) in [6, 6.07) is 10.6. The molecule has 1 aliphatic rings. The van der Waals surface area contributed by atoms with Gasteiger partial charge in [-0.15, -0.1) is 0 Å². The summed E-state index contributed by atoms with van der Waals surface area (Å²) in [6.45, 7) is 8.15. The molecule has 27 heavy (non-hydrogen) atoms. The van der Waals surface area contributed by atoms with E-state index in [1.54, 1.807) is 12.4 Å². The number of hydrogen-bond donors (Lipinski definition) is 1. The molecule has 0 aliphatic carbocycles. The van der Waals surface area contributed by atoms with Crippen molar-refractivity contribution in [2.45, 2.75) is 19.9 Å². The molecule has 0 unspecified atom stereocenters. The predicted octanol–water partition coefficient (Wildman–Crippen LogP) is 2.77. The maximum Gasteiger partial charge on any atom is 0.257 e. The van der Waals surface area contributed by atoms with Gasteiger partial charge in [-0.2, -0.15) is 0 Å². The van der Waals surface area contributed by atoms with Gasteiger partial charge in [-0.25, -0.2) is 9.97 Å². The van der Waals surface area contributed by atoms with Crippen molar-refractivity contribution in [3.05, 3.63) is 59.9 Å². The van der Waals surface area contributed by atoms with Crippen LogP contribution in [0, 0.1) is 0 Å². The van der Waals surface area contributed by atoms with Crippen LogP contribution in [0.3, 0.4) is 0 Å². The van der Waals surface area contributed by atoms with Crippen LogP contribution in [0.15, 0.2) is 48.8 Å². The second-order valence-electron chi connectivity index (χ2n) is 7.00. The molecule has 1 aromatic heterocycles. The maximum atomic E-state index is 12.6. The molecule has 2 heterocycles. The minimum absolute atomic E-state index is 0.00516. The van der Waals surface area contributed by atoms with E-state index in [4.69, 9.17) is 0 Å². The highest BCUT2D eigenvalue weighted by Crippen LogP contribution is 2.10. The second-order valence-corrected chi connectivity index (χ2v) is 7.00. The van der Waals surface area contributed by atoms with E-state index in [1.165, 1.54) is 5.56 Å². The molecule has 6 nitrogen and oxygen atoms in total. The number of amides is 1. The fourth-order valence-corrected chi connectivity index (χ4v) is 2.99. The first-order chi connectivity index (χ1) is 13.1. The summed E-state index contributed by atoms with van der Waals surface area (Å²) in [5, 5.41) is 3.13. The molecule has 2 aromatic rings. The lowest BCUT2D eigenvalue weighted by Gasteiger charge is -2.34. The Hall–Kier alpha value is -2.73. The molecular formula is C21H27N5O. The van der Waals surface area contributed by atoms with E-state index in [1.807, 2.05) is 36.9 Å². The lowest BCUT2D eigenvalue weighted by molar-refractivity contribution is 0.0649. The Morgan fingerprint density at radius 1 is 1.11 bits per heavy atom. The quantitative estimate of drug-likeness (QED) is 0.853. The number of hydrogen-bond acceptors (Lipinski definition) is 5. The van der Waals surface area contributed by atoms with Crippen LogP contribution < -0.4 is 5.32 Å². The number of nitrogens with zero attached hydrogens (tertiary/aromatic N) is 4. The summed E-state index contributed by atoms with van der Waals surface area (Å²) in [5.41, 5.74) is 1.75. The number of nitrogens with one attached hydrogen (secondary N) is 1. The molecule has 1 amide bonds. The number of carbonyl (C=O) groups excluding carboxylic acids is 1. The molecule has 1 saturated heterocycles. The smallest absolute Gasteiger partial charge is 0.257 e. The number of benzene rings is 1. The van der Waals surface area contributed by atoms with E-state index in [9.17, 15) is 4.79 Å². The lowest BCUT2D eigenvalue weighted by Crippen LogP contribution is -2.48. The zero-order valence-corrected chi connectivity index (χ0v) is 16.0. The van der Waals surface area contributed by atoms with E-state index in [0.29, 0.717) is 11.5 Å². The normalized spacial score (nSPS) is 15.4. The van der Waals surface area contributed by atoms with Crippen molar-refractivity contribution in [2.24, 2.45) is 0 Å². The highest BCUT2D eigenvalue weighted by molar-refractivity contribution is 5.93. The monoisotopic (exact) mass is 365 g/mol. The fourth-order valence-electron chi connectivity index (χ4n) is 2.99. The number of piperazine rings is 1. The molecule has 1 fully saturated rings. The molecule has 142 valence electrons. The minimum Gasteiger partial charge on any atom is -0.352 e. The Kier molecular flexibility index (Phi) is 6.54. The van der Waals surface area contributed by atoms with Gasteiger partial charge >= 0.3 is 0 Å². The van der Waals surface area contributed by atoms with Crippen LogP contribution in [0.2, 0.25) is 0 Å². The molecule has 0 atom stereocenters. The van der Waals surface area contributed by atoms with Crippen LogP contribution in [0.5, 0.6) is 0 Å². The summed E-state index contributed by atoms with van der Waals surface area (Å²) in [7, 11) is 0. The molecule has 1 aromatic carbocycles. The Morgan fingerprint density at radius 2 is 1.78 bits per heavy atom. The van der Waals surface area contributed by atoms with E-state index in [2.05, 4.69) is 44.5 Å². The largest absolute Gasteiger partial charge is 0.352 e. The topological polar surface area (TPSA) is 61.4 Å². The van der Waals surface area contributed by atoms with Crippen LogP contribution in [0.4, 0.5) is 5.95 Å². The van der Waals surface area contributed by atoms with Crippen LogP contribution >= 0.6 is 0 Å². The van der Waals surface area contributed by atoms with Crippen molar-refractivity contribution in [3.63, 3.8) is 0 Å². The van der Waals surface area contributed by atoms with Crippen molar-refractivity contribution in [2.75, 3.05) is 38.0 Å². The van der Waals surface area contributed by atoms with Gasteiger partial charge in [0.25, 0.3) is 5.91 Å². The number of aromatic nitrogens is 2. The van der Waals surface area contributed by atoms with Crippen LogP contribution in [-0.2, 0) is 0 Å². The molecule has 0 saturated carbocycles. The minimum atomic E-state index is 0.00516. The Balaban J connectivity index is 1.47. The van der Waals surface area contributed by atoms with Gasteiger partial charge < -0.3 is 10.2 Å². The zero-order chi connectivity index (χ0) is 19.1. The summed E-state index contributed by atoms with van der Waals surface area (Å²) >= 11 is 0. The Morgan fingerprint density at radius 3 is 2.41 bits per heavy atom. The van der Waals surface area contributed by atoms with Crippen molar-refractivity contribution in [1.82, 2.24) is 19.8 Å². The predicted molar refractivity (Wildman–Crippen MR) is 109 cm³/mol. The highest BCUT2D eigenvalue weighted by atomic mass is 16.2. The molecule has 3 rings (SSSR count). The van der Waals surface area contributed by atoms with E-state index in [-0.39, 0.29) is 11.9 Å². The SMILES string of the molecule is CC(C)Nc1ncc(C(=O)N2CCN(C/C=C/c3ccccc3)CC2)cn1. The summed E-state index contributed by atoms with van der Waals surface area (Å²) < 4.78 is 0. The molecule has 0 radical (unpaired) electrons. The molecule has 1 N–H and O–H groups in total. The van der Waals surface area contributed by atoms with Gasteiger partial charge in [0.1, 0.15) is 0 Å². The molecule has 0 bridgehead atoms. The third-order valence-electron chi connectivity index (χ3n) is 4.45. The first-order valence-corrected chi connectivity index (χ1v) is 9.43. The molecule has 6 heteroatoms. The average Bonchev–Trinajstić information content (AvgIpc) is 2.69. The van der Waals surface area contributed by atoms with Crippen molar-refractivity contribution < 1.29 is 4.79 Å². The van der Waals surface area contributed by atoms with E-state index < -0.39 is 0 Å². The molecule has 1 aliphatic heterocycles. The number of rotatable bonds is 6.